The van der Waals surface area contributed by atoms with E-state index in [1.165, 1.54) is 10.4 Å². The highest BCUT2D eigenvalue weighted by atomic mass is 32.1. The van der Waals surface area contributed by atoms with Crippen LogP contribution in [0.3, 0.4) is 0 Å². The van der Waals surface area contributed by atoms with Gasteiger partial charge in [0.25, 0.3) is 0 Å². The Labute approximate surface area is 106 Å². The Morgan fingerprint density at radius 1 is 1.41 bits per heavy atom. The van der Waals surface area contributed by atoms with E-state index in [2.05, 4.69) is 23.3 Å². The topological polar surface area (TPSA) is 38.1 Å². The molecule has 3 nitrogen and oxygen atoms in total. The summed E-state index contributed by atoms with van der Waals surface area (Å²) in [6.45, 7) is 9.04. The Morgan fingerprint density at radius 2 is 2.18 bits per heavy atom. The number of furan rings is 1. The predicted molar refractivity (Wildman–Crippen MR) is 70.3 cm³/mol. The lowest BCUT2D eigenvalue weighted by atomic mass is 10.1. The molecule has 1 N–H and O–H groups in total. The summed E-state index contributed by atoms with van der Waals surface area (Å²) >= 11 is 1.74. The molecule has 1 atom stereocenters. The maximum absolute atomic E-state index is 5.54. The second kappa shape index (κ2) is 5.02. The first kappa shape index (κ1) is 12.3. The quantitative estimate of drug-likeness (QED) is 0.902. The molecule has 0 radical (unpaired) electrons. The van der Waals surface area contributed by atoms with E-state index < -0.39 is 0 Å². The zero-order valence-electron chi connectivity index (χ0n) is 10.7. The summed E-state index contributed by atoms with van der Waals surface area (Å²) in [4.78, 5) is 5.52. The molecule has 2 heterocycles. The SMILES string of the molecule is Cc1cc(C(C)NCc2cnc(C)s2)c(C)o1. The third kappa shape index (κ3) is 2.96. The summed E-state index contributed by atoms with van der Waals surface area (Å²) in [5, 5.41) is 4.61. The minimum atomic E-state index is 0.301. The van der Waals surface area contributed by atoms with Crippen LogP contribution in [-0.2, 0) is 6.54 Å². The van der Waals surface area contributed by atoms with Crippen molar-refractivity contribution in [2.24, 2.45) is 0 Å². The van der Waals surface area contributed by atoms with Crippen LogP contribution in [0.2, 0.25) is 0 Å². The van der Waals surface area contributed by atoms with E-state index in [4.69, 9.17) is 4.42 Å². The molecular weight excluding hydrogens is 232 g/mol. The minimum absolute atomic E-state index is 0.301. The Morgan fingerprint density at radius 3 is 2.71 bits per heavy atom. The van der Waals surface area contributed by atoms with Crippen molar-refractivity contribution >= 4 is 11.3 Å². The van der Waals surface area contributed by atoms with Gasteiger partial charge in [-0.25, -0.2) is 4.98 Å². The number of thiazole rings is 1. The average molecular weight is 250 g/mol. The number of nitrogens with one attached hydrogen (secondary N) is 1. The number of rotatable bonds is 4. The Balaban J connectivity index is 1.97. The molecule has 2 rings (SSSR count). The molecule has 0 bridgehead atoms. The molecule has 92 valence electrons. The summed E-state index contributed by atoms with van der Waals surface area (Å²) in [5.74, 6) is 1.97. The van der Waals surface area contributed by atoms with Crippen molar-refractivity contribution in [2.75, 3.05) is 0 Å². The smallest absolute Gasteiger partial charge is 0.105 e. The van der Waals surface area contributed by atoms with Crippen LogP contribution in [0.5, 0.6) is 0 Å². The van der Waals surface area contributed by atoms with Gasteiger partial charge in [0.15, 0.2) is 0 Å². The molecule has 2 aromatic heterocycles. The molecule has 1 unspecified atom stereocenters. The second-order valence-electron chi connectivity index (χ2n) is 4.32. The highest BCUT2D eigenvalue weighted by molar-refractivity contribution is 7.11. The van der Waals surface area contributed by atoms with Crippen molar-refractivity contribution in [3.8, 4) is 0 Å². The summed E-state index contributed by atoms with van der Waals surface area (Å²) in [7, 11) is 0. The van der Waals surface area contributed by atoms with Gasteiger partial charge in [-0.15, -0.1) is 11.3 Å². The summed E-state index contributed by atoms with van der Waals surface area (Å²) in [6, 6.07) is 2.40. The van der Waals surface area contributed by atoms with Gasteiger partial charge < -0.3 is 9.73 Å². The second-order valence-corrected chi connectivity index (χ2v) is 5.64. The highest BCUT2D eigenvalue weighted by Crippen LogP contribution is 2.22. The highest BCUT2D eigenvalue weighted by Gasteiger charge is 2.12. The van der Waals surface area contributed by atoms with Gasteiger partial charge >= 0.3 is 0 Å². The molecule has 4 heteroatoms. The maximum Gasteiger partial charge on any atom is 0.105 e. The first-order chi connectivity index (χ1) is 8.06. The summed E-state index contributed by atoms with van der Waals surface area (Å²) < 4.78 is 5.54. The van der Waals surface area contributed by atoms with Gasteiger partial charge in [0.2, 0.25) is 0 Å². The van der Waals surface area contributed by atoms with E-state index in [1.54, 1.807) is 11.3 Å². The first-order valence-corrected chi connectivity index (χ1v) is 6.59. The standard InChI is InChI=1S/C13H18N2OS/c1-8-5-13(10(3)16-8)9(2)14-6-12-7-15-11(4)17-12/h5,7,9,14H,6H2,1-4H3. The van der Waals surface area contributed by atoms with Crippen molar-refractivity contribution in [1.29, 1.82) is 0 Å². The molecular formula is C13H18N2OS. The van der Waals surface area contributed by atoms with Crippen LogP contribution >= 0.6 is 11.3 Å². The number of hydrogen-bond acceptors (Lipinski definition) is 4. The van der Waals surface area contributed by atoms with E-state index in [0.29, 0.717) is 6.04 Å². The molecule has 0 fully saturated rings. The van der Waals surface area contributed by atoms with Gasteiger partial charge in [0.1, 0.15) is 11.5 Å². The van der Waals surface area contributed by atoms with Crippen molar-refractivity contribution in [3.63, 3.8) is 0 Å². The van der Waals surface area contributed by atoms with Crippen LogP contribution < -0.4 is 5.32 Å². The van der Waals surface area contributed by atoms with Crippen LogP contribution in [0.15, 0.2) is 16.7 Å². The summed E-state index contributed by atoms with van der Waals surface area (Å²) in [6.07, 6.45) is 1.94. The van der Waals surface area contributed by atoms with Crippen LogP contribution in [0.25, 0.3) is 0 Å². The zero-order valence-corrected chi connectivity index (χ0v) is 11.5. The normalized spacial score (nSPS) is 12.9. The van der Waals surface area contributed by atoms with Gasteiger partial charge in [-0.2, -0.15) is 0 Å². The van der Waals surface area contributed by atoms with E-state index in [9.17, 15) is 0 Å². The van der Waals surface area contributed by atoms with Gasteiger partial charge in [-0.05, 0) is 33.8 Å². The number of hydrogen-bond donors (Lipinski definition) is 1. The Kier molecular flexibility index (Phi) is 3.64. The van der Waals surface area contributed by atoms with E-state index in [-0.39, 0.29) is 0 Å². The van der Waals surface area contributed by atoms with Gasteiger partial charge in [0, 0.05) is 29.2 Å². The van der Waals surface area contributed by atoms with E-state index in [1.807, 2.05) is 27.0 Å². The zero-order chi connectivity index (χ0) is 12.4. The molecule has 0 aliphatic carbocycles. The molecule has 2 aromatic rings. The van der Waals surface area contributed by atoms with Crippen molar-refractivity contribution in [3.05, 3.63) is 39.2 Å². The fraction of sp³-hybridized carbons (Fsp3) is 0.462. The fourth-order valence-electron chi connectivity index (χ4n) is 1.93. The third-order valence-corrected chi connectivity index (χ3v) is 3.71. The molecule has 17 heavy (non-hydrogen) atoms. The van der Waals surface area contributed by atoms with Crippen LogP contribution in [0.4, 0.5) is 0 Å². The lowest BCUT2D eigenvalue weighted by Crippen LogP contribution is -2.17. The van der Waals surface area contributed by atoms with Gasteiger partial charge in [-0.1, -0.05) is 0 Å². The van der Waals surface area contributed by atoms with Gasteiger partial charge in [0.05, 0.1) is 5.01 Å². The van der Waals surface area contributed by atoms with Crippen molar-refractivity contribution < 1.29 is 4.42 Å². The average Bonchev–Trinajstić information content (AvgIpc) is 2.81. The lowest BCUT2D eigenvalue weighted by Gasteiger charge is -2.11. The number of nitrogens with zero attached hydrogens (tertiary/aromatic N) is 1. The molecule has 0 spiro atoms. The van der Waals surface area contributed by atoms with Crippen LogP contribution in [-0.4, -0.2) is 4.98 Å². The predicted octanol–water partition coefficient (Wildman–Crippen LogP) is 3.51. The largest absolute Gasteiger partial charge is 0.466 e. The van der Waals surface area contributed by atoms with Crippen molar-refractivity contribution in [1.82, 2.24) is 10.3 Å². The lowest BCUT2D eigenvalue weighted by molar-refractivity contribution is 0.490. The monoisotopic (exact) mass is 250 g/mol. The summed E-state index contributed by atoms with van der Waals surface area (Å²) in [5.41, 5.74) is 1.24. The first-order valence-electron chi connectivity index (χ1n) is 5.78. The van der Waals surface area contributed by atoms with Crippen LogP contribution in [0.1, 0.15) is 39.9 Å². The molecule has 0 saturated carbocycles. The van der Waals surface area contributed by atoms with E-state index in [0.717, 1.165) is 23.1 Å². The molecule has 0 aliphatic rings. The molecule has 0 amide bonds. The molecule has 0 aliphatic heterocycles. The van der Waals surface area contributed by atoms with Gasteiger partial charge in [-0.3, -0.25) is 0 Å². The third-order valence-electron chi connectivity index (χ3n) is 2.80. The number of aromatic nitrogens is 1. The Hall–Kier alpha value is -1.13. The minimum Gasteiger partial charge on any atom is -0.466 e. The Bertz CT molecular complexity index is 501. The number of aryl methyl sites for hydroxylation is 3. The molecule has 0 saturated heterocycles. The maximum atomic E-state index is 5.54. The van der Waals surface area contributed by atoms with Crippen molar-refractivity contribution in [2.45, 2.75) is 40.3 Å². The van der Waals surface area contributed by atoms with E-state index >= 15 is 0 Å². The van der Waals surface area contributed by atoms with Crippen LogP contribution in [0, 0.1) is 20.8 Å². The molecule has 0 aromatic carbocycles. The fourth-order valence-corrected chi connectivity index (χ4v) is 2.68.